The van der Waals surface area contributed by atoms with Crippen molar-refractivity contribution in [3.8, 4) is 0 Å². The van der Waals surface area contributed by atoms with Crippen LogP contribution in [0.15, 0.2) is 24.3 Å². The van der Waals surface area contributed by atoms with E-state index in [0.717, 1.165) is 13.1 Å². The van der Waals surface area contributed by atoms with E-state index >= 15 is 0 Å². The number of rotatable bonds is 8. The highest BCUT2D eigenvalue weighted by molar-refractivity contribution is 5.22. The molecule has 1 heteroatoms. The number of hydrogen-bond donors (Lipinski definition) is 1. The lowest BCUT2D eigenvalue weighted by molar-refractivity contribution is 0.247. The second-order valence-electron chi connectivity index (χ2n) is 5.55. The highest BCUT2D eigenvalue weighted by Crippen LogP contribution is 2.30. The monoisotopic (exact) mass is 247 g/mol. The van der Waals surface area contributed by atoms with Gasteiger partial charge in [0.15, 0.2) is 0 Å². The summed E-state index contributed by atoms with van der Waals surface area (Å²) in [5, 5.41) is 3.61. The van der Waals surface area contributed by atoms with E-state index in [1.54, 1.807) is 0 Å². The average Bonchev–Trinajstić information content (AvgIpc) is 2.40. The lowest BCUT2D eigenvalue weighted by atomic mass is 9.76. The van der Waals surface area contributed by atoms with Crippen LogP contribution in [0, 0.1) is 12.3 Å². The Balaban J connectivity index is 2.68. The van der Waals surface area contributed by atoms with Gasteiger partial charge in [0, 0.05) is 6.54 Å². The van der Waals surface area contributed by atoms with Gasteiger partial charge >= 0.3 is 0 Å². The van der Waals surface area contributed by atoms with Crippen molar-refractivity contribution in [3.05, 3.63) is 35.4 Å². The smallest absolute Gasteiger partial charge is 0.00108 e. The number of aryl methyl sites for hydroxylation is 1. The number of benzene rings is 1. The quantitative estimate of drug-likeness (QED) is 0.674. The Morgan fingerprint density at radius 2 is 1.61 bits per heavy atom. The van der Waals surface area contributed by atoms with E-state index in [9.17, 15) is 0 Å². The summed E-state index contributed by atoms with van der Waals surface area (Å²) in [6.07, 6.45) is 4.90. The molecule has 0 spiro atoms. The van der Waals surface area contributed by atoms with Crippen LogP contribution in [0.25, 0.3) is 0 Å². The van der Waals surface area contributed by atoms with Crippen LogP contribution in [0.5, 0.6) is 0 Å². The van der Waals surface area contributed by atoms with Crippen molar-refractivity contribution in [3.63, 3.8) is 0 Å². The molecule has 0 amide bonds. The fraction of sp³-hybridized carbons (Fsp3) is 0.647. The van der Waals surface area contributed by atoms with Gasteiger partial charge in [-0.2, -0.15) is 0 Å². The molecule has 0 atom stereocenters. The molecular weight excluding hydrogens is 218 g/mol. The molecule has 0 bridgehead atoms. The molecule has 0 saturated carbocycles. The summed E-state index contributed by atoms with van der Waals surface area (Å²) in [6.45, 7) is 11.3. The molecule has 0 fully saturated rings. The zero-order valence-corrected chi connectivity index (χ0v) is 12.6. The molecule has 0 heterocycles. The first-order chi connectivity index (χ1) is 8.65. The van der Waals surface area contributed by atoms with Gasteiger partial charge in [0.25, 0.3) is 0 Å². The molecule has 18 heavy (non-hydrogen) atoms. The first-order valence-electron chi connectivity index (χ1n) is 7.42. The van der Waals surface area contributed by atoms with Gasteiger partial charge in [0.1, 0.15) is 0 Å². The third-order valence-electron chi connectivity index (χ3n) is 4.13. The van der Waals surface area contributed by atoms with Gasteiger partial charge in [0.2, 0.25) is 0 Å². The summed E-state index contributed by atoms with van der Waals surface area (Å²) in [6, 6.07) is 9.03. The van der Waals surface area contributed by atoms with E-state index in [4.69, 9.17) is 0 Å². The van der Waals surface area contributed by atoms with E-state index in [1.165, 1.54) is 36.8 Å². The van der Waals surface area contributed by atoms with Gasteiger partial charge in [-0.05, 0) is 50.1 Å². The molecule has 1 aromatic carbocycles. The largest absolute Gasteiger partial charge is 0.316 e. The summed E-state index contributed by atoms with van der Waals surface area (Å²) in [4.78, 5) is 0. The van der Waals surface area contributed by atoms with Gasteiger partial charge in [-0.1, -0.05) is 50.6 Å². The predicted molar refractivity (Wildman–Crippen MR) is 81.1 cm³/mol. The minimum Gasteiger partial charge on any atom is -0.316 e. The van der Waals surface area contributed by atoms with Crippen LogP contribution in [0.1, 0.15) is 51.2 Å². The Morgan fingerprint density at radius 3 is 2.11 bits per heavy atom. The van der Waals surface area contributed by atoms with E-state index in [-0.39, 0.29) is 0 Å². The van der Waals surface area contributed by atoms with Crippen molar-refractivity contribution in [2.45, 2.75) is 53.4 Å². The van der Waals surface area contributed by atoms with Gasteiger partial charge in [0.05, 0.1) is 0 Å². The second kappa shape index (κ2) is 7.58. The Kier molecular flexibility index (Phi) is 6.42. The van der Waals surface area contributed by atoms with E-state index in [2.05, 4.69) is 57.3 Å². The Labute approximate surface area is 113 Å². The van der Waals surface area contributed by atoms with Crippen molar-refractivity contribution in [1.82, 2.24) is 5.32 Å². The van der Waals surface area contributed by atoms with Gasteiger partial charge in [-0.15, -0.1) is 0 Å². The molecule has 0 aliphatic rings. The molecule has 102 valence electrons. The first-order valence-corrected chi connectivity index (χ1v) is 7.42. The maximum Gasteiger partial charge on any atom is 0.00108 e. The van der Waals surface area contributed by atoms with Crippen LogP contribution < -0.4 is 5.32 Å². The molecule has 0 saturated heterocycles. The zero-order chi connectivity index (χ0) is 13.4. The van der Waals surface area contributed by atoms with Crippen LogP contribution in [0.2, 0.25) is 0 Å². The Hall–Kier alpha value is -0.820. The lowest BCUT2D eigenvalue weighted by Crippen LogP contribution is -2.35. The van der Waals surface area contributed by atoms with Crippen LogP contribution in [-0.4, -0.2) is 13.1 Å². The zero-order valence-electron chi connectivity index (χ0n) is 12.6. The molecule has 0 aliphatic heterocycles. The highest BCUT2D eigenvalue weighted by Gasteiger charge is 2.25. The van der Waals surface area contributed by atoms with E-state index in [1.807, 2.05) is 0 Å². The maximum absolute atomic E-state index is 3.61. The second-order valence-corrected chi connectivity index (χ2v) is 5.55. The van der Waals surface area contributed by atoms with Crippen LogP contribution in [0.4, 0.5) is 0 Å². The predicted octanol–water partition coefficient (Wildman–Crippen LogP) is 4.34. The topological polar surface area (TPSA) is 12.0 Å². The van der Waals surface area contributed by atoms with Crippen LogP contribution >= 0.6 is 0 Å². The summed E-state index contributed by atoms with van der Waals surface area (Å²) >= 11 is 0. The first kappa shape index (κ1) is 15.2. The molecule has 0 unspecified atom stereocenters. The molecule has 1 rings (SSSR count). The van der Waals surface area contributed by atoms with Crippen molar-refractivity contribution in [1.29, 1.82) is 0 Å². The Bertz CT molecular complexity index is 322. The van der Waals surface area contributed by atoms with Crippen LogP contribution in [0.3, 0.4) is 0 Å². The molecule has 1 aromatic rings. The van der Waals surface area contributed by atoms with Crippen molar-refractivity contribution in [2.75, 3.05) is 13.1 Å². The molecule has 1 nitrogen and oxygen atoms in total. The fourth-order valence-corrected chi connectivity index (χ4v) is 2.48. The lowest BCUT2D eigenvalue weighted by Gasteiger charge is -2.32. The SMILES string of the molecule is CCCNCC(CC)(CC)Cc1ccc(C)cc1. The third kappa shape index (κ3) is 4.45. The summed E-state index contributed by atoms with van der Waals surface area (Å²) in [5.74, 6) is 0. The van der Waals surface area contributed by atoms with E-state index in [0.29, 0.717) is 5.41 Å². The van der Waals surface area contributed by atoms with E-state index < -0.39 is 0 Å². The summed E-state index contributed by atoms with van der Waals surface area (Å²) in [7, 11) is 0. The number of nitrogens with one attached hydrogen (secondary N) is 1. The van der Waals surface area contributed by atoms with Gasteiger partial charge in [-0.3, -0.25) is 0 Å². The molecular formula is C17H29N. The third-order valence-corrected chi connectivity index (χ3v) is 4.13. The maximum atomic E-state index is 3.61. The minimum atomic E-state index is 0.421. The molecule has 0 aromatic heterocycles. The van der Waals surface area contributed by atoms with Gasteiger partial charge < -0.3 is 5.32 Å². The number of hydrogen-bond acceptors (Lipinski definition) is 1. The van der Waals surface area contributed by atoms with Crippen molar-refractivity contribution < 1.29 is 0 Å². The van der Waals surface area contributed by atoms with Crippen molar-refractivity contribution in [2.24, 2.45) is 5.41 Å². The standard InChI is InChI=1S/C17H29N/c1-5-12-18-14-17(6-2,7-3)13-16-10-8-15(4)9-11-16/h8-11,18H,5-7,12-14H2,1-4H3. The normalized spacial score (nSPS) is 11.8. The Morgan fingerprint density at radius 1 is 1.00 bits per heavy atom. The van der Waals surface area contributed by atoms with Crippen molar-refractivity contribution >= 4 is 0 Å². The molecule has 1 N–H and O–H groups in total. The van der Waals surface area contributed by atoms with Gasteiger partial charge in [-0.25, -0.2) is 0 Å². The fourth-order valence-electron chi connectivity index (χ4n) is 2.48. The minimum absolute atomic E-state index is 0.421. The highest BCUT2D eigenvalue weighted by atomic mass is 14.9. The van der Waals surface area contributed by atoms with Crippen LogP contribution in [-0.2, 0) is 6.42 Å². The average molecular weight is 247 g/mol. The molecule has 0 radical (unpaired) electrons. The summed E-state index contributed by atoms with van der Waals surface area (Å²) < 4.78 is 0. The molecule has 0 aliphatic carbocycles. The summed E-state index contributed by atoms with van der Waals surface area (Å²) in [5.41, 5.74) is 3.24.